The van der Waals surface area contributed by atoms with E-state index in [9.17, 15) is 14.7 Å². The highest BCUT2D eigenvalue weighted by Gasteiger charge is 2.19. The number of carboxylic acid groups (broad SMARTS) is 1. The fraction of sp³-hybridized carbons (Fsp3) is 0.217. The molecule has 164 valence electrons. The number of aryl methyl sites for hydroxylation is 1. The number of benzene rings is 1. The SMILES string of the molecule is CCCCc1nc(Cl)c(C=O)n1Cc1ccn2c(Br)c(-c3ccccc3C(=O)O)nc2c1. The molecule has 1 aromatic carbocycles. The summed E-state index contributed by atoms with van der Waals surface area (Å²) in [7, 11) is 0. The Morgan fingerprint density at radius 1 is 1.25 bits per heavy atom. The number of aromatic carboxylic acids is 1. The van der Waals surface area contributed by atoms with Gasteiger partial charge in [0.05, 0.1) is 5.56 Å². The van der Waals surface area contributed by atoms with Crippen molar-refractivity contribution in [2.75, 3.05) is 0 Å². The van der Waals surface area contributed by atoms with E-state index in [-0.39, 0.29) is 10.7 Å². The van der Waals surface area contributed by atoms with Crippen LogP contribution in [0.5, 0.6) is 0 Å². The maximum atomic E-state index is 11.7. The van der Waals surface area contributed by atoms with Gasteiger partial charge in [0.1, 0.15) is 27.5 Å². The van der Waals surface area contributed by atoms with Crippen molar-refractivity contribution in [3.05, 3.63) is 75.0 Å². The highest BCUT2D eigenvalue weighted by atomic mass is 79.9. The minimum atomic E-state index is -1.01. The third-order valence-electron chi connectivity index (χ3n) is 5.29. The minimum Gasteiger partial charge on any atom is -0.478 e. The fourth-order valence-electron chi connectivity index (χ4n) is 3.68. The second-order valence-electron chi connectivity index (χ2n) is 7.38. The lowest BCUT2D eigenvalue weighted by Crippen LogP contribution is -2.09. The van der Waals surface area contributed by atoms with Crippen LogP contribution in [0.4, 0.5) is 0 Å². The molecule has 7 nitrogen and oxygen atoms in total. The number of aldehydes is 1. The average Bonchev–Trinajstić information content (AvgIpc) is 3.27. The molecule has 3 aromatic heterocycles. The van der Waals surface area contributed by atoms with Gasteiger partial charge in [-0.05, 0) is 46.1 Å². The number of aromatic nitrogens is 4. The van der Waals surface area contributed by atoms with Crippen LogP contribution in [-0.2, 0) is 13.0 Å². The molecule has 0 aliphatic rings. The number of rotatable bonds is 8. The van der Waals surface area contributed by atoms with Crippen LogP contribution in [0.15, 0.2) is 47.2 Å². The molecule has 9 heteroatoms. The predicted molar refractivity (Wildman–Crippen MR) is 126 cm³/mol. The zero-order chi connectivity index (χ0) is 22.8. The zero-order valence-corrected chi connectivity index (χ0v) is 19.6. The van der Waals surface area contributed by atoms with E-state index in [2.05, 4.69) is 32.8 Å². The van der Waals surface area contributed by atoms with Crippen LogP contribution in [0.1, 0.15) is 52.0 Å². The van der Waals surface area contributed by atoms with Gasteiger partial charge < -0.3 is 9.67 Å². The van der Waals surface area contributed by atoms with Crippen LogP contribution >= 0.6 is 27.5 Å². The van der Waals surface area contributed by atoms with Gasteiger partial charge in [-0.15, -0.1) is 0 Å². The summed E-state index contributed by atoms with van der Waals surface area (Å²) in [4.78, 5) is 32.3. The number of pyridine rings is 1. The molecule has 0 aliphatic heterocycles. The monoisotopic (exact) mass is 514 g/mol. The van der Waals surface area contributed by atoms with Crippen molar-refractivity contribution in [3.63, 3.8) is 0 Å². The van der Waals surface area contributed by atoms with Crippen molar-refractivity contribution in [3.8, 4) is 11.3 Å². The summed E-state index contributed by atoms with van der Waals surface area (Å²) in [5, 5.41) is 9.75. The average molecular weight is 516 g/mol. The Kier molecular flexibility index (Phi) is 6.43. The number of nitrogens with zero attached hydrogens (tertiary/aromatic N) is 4. The molecule has 0 aliphatic carbocycles. The fourth-order valence-corrected chi connectivity index (χ4v) is 4.53. The van der Waals surface area contributed by atoms with Crippen LogP contribution in [0, 0.1) is 0 Å². The lowest BCUT2D eigenvalue weighted by molar-refractivity contribution is 0.0697. The molecule has 0 radical (unpaired) electrons. The molecule has 0 unspecified atom stereocenters. The Hall–Kier alpha value is -2.97. The maximum absolute atomic E-state index is 11.7. The van der Waals surface area contributed by atoms with Gasteiger partial charge in [-0.1, -0.05) is 43.1 Å². The van der Waals surface area contributed by atoms with E-state index < -0.39 is 5.97 Å². The number of hydrogen-bond acceptors (Lipinski definition) is 4. The number of hydrogen-bond donors (Lipinski definition) is 1. The van der Waals surface area contributed by atoms with Crippen molar-refractivity contribution in [1.29, 1.82) is 0 Å². The Morgan fingerprint density at radius 2 is 2.03 bits per heavy atom. The van der Waals surface area contributed by atoms with Crippen LogP contribution in [0.2, 0.25) is 5.15 Å². The molecule has 0 bridgehead atoms. The predicted octanol–water partition coefficient (Wildman–Crippen LogP) is 5.52. The van der Waals surface area contributed by atoms with Gasteiger partial charge in [0.2, 0.25) is 0 Å². The van der Waals surface area contributed by atoms with E-state index in [4.69, 9.17) is 11.6 Å². The number of carbonyl (C=O) groups is 2. The standard InChI is InChI=1S/C23H20BrClN4O3/c1-2-3-8-18-27-22(25)17(13-30)29(18)12-14-9-10-28-19(11-14)26-20(21(28)24)15-6-4-5-7-16(15)23(31)32/h4-7,9-11,13H,2-3,8,12H2,1H3,(H,31,32). The van der Waals surface area contributed by atoms with Gasteiger partial charge in [0, 0.05) is 24.7 Å². The van der Waals surface area contributed by atoms with E-state index in [1.165, 1.54) is 0 Å². The summed E-state index contributed by atoms with van der Waals surface area (Å²) < 4.78 is 4.35. The van der Waals surface area contributed by atoms with Crippen molar-refractivity contribution >= 4 is 45.4 Å². The lowest BCUT2D eigenvalue weighted by atomic mass is 10.1. The van der Waals surface area contributed by atoms with Crippen LogP contribution in [-0.4, -0.2) is 36.3 Å². The van der Waals surface area contributed by atoms with Crippen molar-refractivity contribution in [2.45, 2.75) is 32.7 Å². The first kappa shape index (κ1) is 22.2. The number of imidazole rings is 2. The molecule has 0 saturated carbocycles. The smallest absolute Gasteiger partial charge is 0.336 e. The Balaban J connectivity index is 1.75. The van der Waals surface area contributed by atoms with Gasteiger partial charge in [0.25, 0.3) is 0 Å². The number of unbranched alkanes of at least 4 members (excludes halogenated alkanes) is 1. The normalized spacial score (nSPS) is 11.2. The first-order valence-corrected chi connectivity index (χ1v) is 11.3. The number of carboxylic acids is 1. The quantitative estimate of drug-likeness (QED) is 0.312. The van der Waals surface area contributed by atoms with Gasteiger partial charge in [0.15, 0.2) is 11.4 Å². The van der Waals surface area contributed by atoms with Crippen molar-refractivity contribution in [1.82, 2.24) is 18.9 Å². The molecular weight excluding hydrogens is 496 g/mol. The molecule has 1 N–H and O–H groups in total. The highest BCUT2D eigenvalue weighted by molar-refractivity contribution is 9.10. The summed E-state index contributed by atoms with van der Waals surface area (Å²) in [5.41, 5.74) is 3.19. The van der Waals surface area contributed by atoms with Gasteiger partial charge in [-0.25, -0.2) is 14.8 Å². The topological polar surface area (TPSA) is 89.5 Å². The van der Waals surface area contributed by atoms with Crippen LogP contribution in [0.3, 0.4) is 0 Å². The maximum Gasteiger partial charge on any atom is 0.336 e. The summed E-state index contributed by atoms with van der Waals surface area (Å²) in [6.07, 6.45) is 5.28. The number of halogens is 2. The first-order valence-electron chi connectivity index (χ1n) is 10.1. The lowest BCUT2D eigenvalue weighted by Gasteiger charge is -2.10. The molecule has 3 heterocycles. The van der Waals surface area contributed by atoms with Crippen molar-refractivity contribution in [2.24, 2.45) is 0 Å². The Bertz CT molecular complexity index is 1330. The first-order chi connectivity index (χ1) is 15.4. The Morgan fingerprint density at radius 3 is 2.75 bits per heavy atom. The molecular formula is C23H20BrClN4O3. The highest BCUT2D eigenvalue weighted by Crippen LogP contribution is 2.31. The summed E-state index contributed by atoms with van der Waals surface area (Å²) in [5.74, 6) is -0.234. The van der Waals surface area contributed by atoms with E-state index in [0.717, 1.165) is 36.9 Å². The van der Waals surface area contributed by atoms with E-state index in [0.29, 0.717) is 33.7 Å². The minimum absolute atomic E-state index is 0.182. The summed E-state index contributed by atoms with van der Waals surface area (Å²) >= 11 is 9.75. The number of carbonyl (C=O) groups excluding carboxylic acids is 1. The third kappa shape index (κ3) is 4.08. The third-order valence-corrected chi connectivity index (χ3v) is 6.33. The number of fused-ring (bicyclic) bond motifs is 1. The second kappa shape index (κ2) is 9.26. The van der Waals surface area contributed by atoms with Crippen LogP contribution in [0.25, 0.3) is 16.9 Å². The molecule has 0 fully saturated rings. The van der Waals surface area contributed by atoms with E-state index in [1.807, 2.05) is 27.3 Å². The molecule has 4 rings (SSSR count). The molecule has 0 saturated heterocycles. The summed E-state index contributed by atoms with van der Waals surface area (Å²) in [6.45, 7) is 2.52. The molecule has 0 amide bonds. The molecule has 4 aromatic rings. The largest absolute Gasteiger partial charge is 0.478 e. The molecule has 32 heavy (non-hydrogen) atoms. The van der Waals surface area contributed by atoms with E-state index in [1.54, 1.807) is 24.3 Å². The van der Waals surface area contributed by atoms with Gasteiger partial charge in [-0.3, -0.25) is 9.20 Å². The summed E-state index contributed by atoms with van der Waals surface area (Å²) in [6, 6.07) is 10.6. The molecule has 0 atom stereocenters. The Labute approximate surface area is 197 Å². The van der Waals surface area contributed by atoms with Crippen molar-refractivity contribution < 1.29 is 14.7 Å². The molecule has 0 spiro atoms. The van der Waals surface area contributed by atoms with E-state index >= 15 is 0 Å². The van der Waals surface area contributed by atoms with Gasteiger partial charge >= 0.3 is 5.97 Å². The second-order valence-corrected chi connectivity index (χ2v) is 8.49. The van der Waals surface area contributed by atoms with Gasteiger partial charge in [-0.2, -0.15) is 0 Å². The zero-order valence-electron chi connectivity index (χ0n) is 17.3. The van der Waals surface area contributed by atoms with Crippen LogP contribution < -0.4 is 0 Å².